The molecule has 0 spiro atoms. The highest BCUT2D eigenvalue weighted by Gasteiger charge is 2.28. The van der Waals surface area contributed by atoms with Crippen molar-refractivity contribution >= 4 is 22.8 Å². The van der Waals surface area contributed by atoms with Crippen LogP contribution in [-0.4, -0.2) is 14.7 Å². The van der Waals surface area contributed by atoms with E-state index >= 15 is 0 Å². The number of nitrogens with zero attached hydrogens (tertiary/aromatic N) is 2. The molecule has 0 saturated carbocycles. The van der Waals surface area contributed by atoms with Gasteiger partial charge in [-0.05, 0) is 53.5 Å². The molecule has 0 radical (unpaired) electrons. The van der Waals surface area contributed by atoms with E-state index in [1.54, 1.807) is 11.8 Å². The van der Waals surface area contributed by atoms with Crippen LogP contribution >= 0.6 is 11.8 Å². The van der Waals surface area contributed by atoms with Crippen molar-refractivity contribution < 1.29 is 5.11 Å². The van der Waals surface area contributed by atoms with E-state index in [9.17, 15) is 5.11 Å². The maximum atomic E-state index is 10.5. The van der Waals surface area contributed by atoms with Crippen molar-refractivity contribution in [2.45, 2.75) is 46.0 Å². The van der Waals surface area contributed by atoms with Crippen molar-refractivity contribution in [3.8, 4) is 0 Å². The van der Waals surface area contributed by atoms with Crippen molar-refractivity contribution in [3.63, 3.8) is 0 Å². The summed E-state index contributed by atoms with van der Waals surface area (Å²) in [6.07, 6.45) is 1.31. The largest absolute Gasteiger partial charge is 0.369 e. The molecule has 0 bridgehead atoms. The molecule has 1 atom stereocenters. The Balaban J connectivity index is 2.19. The zero-order valence-corrected chi connectivity index (χ0v) is 13.4. The third kappa shape index (κ3) is 2.07. The van der Waals surface area contributed by atoms with E-state index in [2.05, 4.69) is 46.8 Å². The average molecular weight is 288 g/mol. The molecule has 2 heterocycles. The van der Waals surface area contributed by atoms with Crippen molar-refractivity contribution in [3.05, 3.63) is 34.2 Å². The molecule has 4 heteroatoms. The van der Waals surface area contributed by atoms with Gasteiger partial charge in [0.05, 0.1) is 11.0 Å². The molecular formula is C16H20N2OS. The van der Waals surface area contributed by atoms with E-state index < -0.39 is 6.23 Å². The maximum Gasteiger partial charge on any atom is 0.176 e. The molecule has 2 aromatic rings. The summed E-state index contributed by atoms with van der Waals surface area (Å²) in [6, 6.07) is 4.21. The zero-order valence-electron chi connectivity index (χ0n) is 12.6. The first-order chi connectivity index (χ1) is 9.27. The van der Waals surface area contributed by atoms with E-state index in [4.69, 9.17) is 4.98 Å². The summed E-state index contributed by atoms with van der Waals surface area (Å²) in [4.78, 5) is 5.86. The Morgan fingerprint density at radius 1 is 1.20 bits per heavy atom. The van der Waals surface area contributed by atoms with Crippen LogP contribution in [0.2, 0.25) is 0 Å². The number of thioether (sulfide) groups is 1. The predicted molar refractivity (Wildman–Crippen MR) is 83.9 cm³/mol. The number of benzene rings is 1. The van der Waals surface area contributed by atoms with Gasteiger partial charge in [0, 0.05) is 0 Å². The number of imidazole rings is 1. The number of hydrogen-bond donors (Lipinski definition) is 1. The van der Waals surface area contributed by atoms with Gasteiger partial charge in [-0.25, -0.2) is 4.98 Å². The van der Waals surface area contributed by atoms with E-state index in [0.717, 1.165) is 16.2 Å². The molecule has 0 saturated heterocycles. The second-order valence-electron chi connectivity index (χ2n) is 6.49. The van der Waals surface area contributed by atoms with Gasteiger partial charge in [0.1, 0.15) is 0 Å². The Kier molecular flexibility index (Phi) is 2.99. The van der Waals surface area contributed by atoms with Crippen LogP contribution in [0.25, 0.3) is 11.0 Å². The van der Waals surface area contributed by atoms with Crippen LogP contribution in [0.15, 0.2) is 28.3 Å². The van der Waals surface area contributed by atoms with Crippen molar-refractivity contribution in [1.82, 2.24) is 9.55 Å². The Hall–Kier alpha value is -1.26. The van der Waals surface area contributed by atoms with E-state index in [0.29, 0.717) is 0 Å². The average Bonchev–Trinajstić information content (AvgIpc) is 2.66. The Bertz CT molecular complexity index is 722. The molecule has 106 valence electrons. The van der Waals surface area contributed by atoms with Gasteiger partial charge in [0.15, 0.2) is 11.4 Å². The summed E-state index contributed by atoms with van der Waals surface area (Å²) in [5, 5.41) is 11.4. The topological polar surface area (TPSA) is 38.0 Å². The lowest BCUT2D eigenvalue weighted by molar-refractivity contribution is 0.146. The predicted octanol–water partition coefficient (Wildman–Crippen LogP) is 4.18. The molecule has 3 nitrogen and oxygen atoms in total. The molecule has 1 aliphatic heterocycles. The fraction of sp³-hybridized carbons (Fsp3) is 0.438. The quantitative estimate of drug-likeness (QED) is 0.790. The fourth-order valence-corrected chi connectivity index (χ4v) is 3.54. The van der Waals surface area contributed by atoms with E-state index in [1.807, 2.05) is 10.6 Å². The molecule has 20 heavy (non-hydrogen) atoms. The number of aryl methyl sites for hydroxylation is 2. The molecule has 3 rings (SSSR count). The summed E-state index contributed by atoms with van der Waals surface area (Å²) in [5.74, 6) is 0. The lowest BCUT2D eigenvalue weighted by Crippen LogP contribution is -2.17. The van der Waals surface area contributed by atoms with Crippen LogP contribution in [0.3, 0.4) is 0 Å². The Morgan fingerprint density at radius 2 is 1.85 bits per heavy atom. The van der Waals surface area contributed by atoms with E-state index in [-0.39, 0.29) is 5.41 Å². The minimum Gasteiger partial charge on any atom is -0.369 e. The molecule has 1 N–H and O–H groups in total. The summed E-state index contributed by atoms with van der Waals surface area (Å²) in [6.45, 7) is 10.7. The van der Waals surface area contributed by atoms with Crippen molar-refractivity contribution in [2.24, 2.45) is 5.41 Å². The Morgan fingerprint density at radius 3 is 2.50 bits per heavy atom. The molecule has 0 amide bonds. The van der Waals surface area contributed by atoms with Gasteiger partial charge in [0.25, 0.3) is 0 Å². The summed E-state index contributed by atoms with van der Waals surface area (Å²) < 4.78 is 1.92. The van der Waals surface area contributed by atoms with Crippen LogP contribution < -0.4 is 0 Å². The van der Waals surface area contributed by atoms with Gasteiger partial charge in [-0.3, -0.25) is 4.57 Å². The number of aliphatic hydroxyl groups is 1. The van der Waals surface area contributed by atoms with Gasteiger partial charge < -0.3 is 5.11 Å². The number of aliphatic hydroxyl groups excluding tert-OH is 1. The van der Waals surface area contributed by atoms with Crippen molar-refractivity contribution in [1.29, 1.82) is 0 Å². The van der Waals surface area contributed by atoms with Gasteiger partial charge in [0.2, 0.25) is 0 Å². The number of hydrogen-bond acceptors (Lipinski definition) is 3. The molecule has 1 aliphatic rings. The zero-order chi connectivity index (χ0) is 14.7. The number of rotatable bonds is 0. The van der Waals surface area contributed by atoms with Crippen molar-refractivity contribution in [2.75, 3.05) is 0 Å². The van der Waals surface area contributed by atoms with Crippen LogP contribution in [0.4, 0.5) is 0 Å². The second kappa shape index (κ2) is 4.37. The molecule has 1 aromatic heterocycles. The van der Waals surface area contributed by atoms with E-state index in [1.165, 1.54) is 16.0 Å². The number of allylic oxidation sites excluding steroid dienone is 1. The number of aromatic nitrogens is 2. The second-order valence-corrected chi connectivity index (χ2v) is 7.50. The Labute approximate surface area is 123 Å². The third-order valence-electron chi connectivity index (χ3n) is 3.78. The smallest absolute Gasteiger partial charge is 0.176 e. The molecule has 1 aromatic carbocycles. The molecule has 0 aliphatic carbocycles. The standard InChI is InChI=1S/C16H20N2OS/c1-9-6-11-12(7-10(9)2)18-14(19)8-13(16(3,4)5)20-15(18)17-11/h6-8,14,19H,1-5H3. The fourth-order valence-electron chi connectivity index (χ4n) is 2.40. The maximum absolute atomic E-state index is 10.5. The first-order valence-corrected chi connectivity index (χ1v) is 7.66. The summed E-state index contributed by atoms with van der Waals surface area (Å²) >= 11 is 1.66. The lowest BCUT2D eigenvalue weighted by atomic mass is 9.95. The van der Waals surface area contributed by atoms with Gasteiger partial charge in [-0.15, -0.1) is 0 Å². The first-order valence-electron chi connectivity index (χ1n) is 6.85. The molecular weight excluding hydrogens is 268 g/mol. The first kappa shape index (κ1) is 13.7. The van der Waals surface area contributed by atoms with Gasteiger partial charge in [-0.1, -0.05) is 32.5 Å². The molecule has 0 fully saturated rings. The highest BCUT2D eigenvalue weighted by Crippen LogP contribution is 2.45. The van der Waals surface area contributed by atoms with Crippen LogP contribution in [0.5, 0.6) is 0 Å². The van der Waals surface area contributed by atoms with Crippen LogP contribution in [-0.2, 0) is 0 Å². The monoisotopic (exact) mass is 288 g/mol. The molecule has 1 unspecified atom stereocenters. The lowest BCUT2D eigenvalue weighted by Gasteiger charge is -2.28. The highest BCUT2D eigenvalue weighted by atomic mass is 32.2. The minimum absolute atomic E-state index is 0.0286. The van der Waals surface area contributed by atoms with Crippen LogP contribution in [0.1, 0.15) is 38.1 Å². The third-order valence-corrected chi connectivity index (χ3v) is 5.22. The van der Waals surface area contributed by atoms with Crippen LogP contribution in [0, 0.1) is 19.3 Å². The normalized spacial score (nSPS) is 19.1. The summed E-state index contributed by atoms with van der Waals surface area (Å²) in [7, 11) is 0. The minimum atomic E-state index is -0.632. The number of fused-ring (bicyclic) bond motifs is 3. The SMILES string of the molecule is Cc1cc2nc3n(c2cc1C)C(O)C=C(C(C)(C)C)S3. The van der Waals surface area contributed by atoms with Gasteiger partial charge >= 0.3 is 0 Å². The highest BCUT2D eigenvalue weighted by molar-refractivity contribution is 8.03. The summed E-state index contributed by atoms with van der Waals surface area (Å²) in [5.41, 5.74) is 4.45. The van der Waals surface area contributed by atoms with Gasteiger partial charge in [-0.2, -0.15) is 0 Å².